The molecule has 5 heteroatoms. The van der Waals surface area contributed by atoms with Gasteiger partial charge in [0.05, 0.1) is 16.4 Å². The average Bonchev–Trinajstić information content (AvgIpc) is 2.86. The van der Waals surface area contributed by atoms with Gasteiger partial charge in [-0.2, -0.15) is 5.10 Å². The summed E-state index contributed by atoms with van der Waals surface area (Å²) in [5.74, 6) is 0. The Morgan fingerprint density at radius 3 is 2.60 bits per heavy atom. The molecule has 20 heavy (non-hydrogen) atoms. The highest BCUT2D eigenvalue weighted by atomic mass is 35.5. The number of para-hydroxylation sites is 1. The first kappa shape index (κ1) is 13.5. The minimum atomic E-state index is 0.837. The number of rotatable bonds is 3. The van der Waals surface area contributed by atoms with Gasteiger partial charge in [0.2, 0.25) is 0 Å². The van der Waals surface area contributed by atoms with Crippen LogP contribution in [-0.2, 0) is 6.54 Å². The molecule has 0 bridgehead atoms. The maximum Gasteiger partial charge on any atom is 0.0765 e. The fourth-order valence-corrected chi connectivity index (χ4v) is 2.89. The summed E-state index contributed by atoms with van der Waals surface area (Å²) < 4.78 is 0. The summed E-state index contributed by atoms with van der Waals surface area (Å²) in [6.07, 6.45) is 0. The van der Waals surface area contributed by atoms with Gasteiger partial charge in [-0.15, -0.1) is 0 Å². The Balaban J connectivity index is 1.58. The van der Waals surface area contributed by atoms with E-state index in [1.165, 1.54) is 0 Å². The highest BCUT2D eigenvalue weighted by Gasteiger charge is 2.19. The highest BCUT2D eigenvalue weighted by Crippen LogP contribution is 2.26. The zero-order valence-corrected chi connectivity index (χ0v) is 12.4. The molecular weight excluding hydrogens is 272 g/mol. The van der Waals surface area contributed by atoms with Crippen molar-refractivity contribution in [2.45, 2.75) is 13.5 Å². The molecule has 0 radical (unpaired) electrons. The van der Waals surface area contributed by atoms with Crippen LogP contribution in [0.4, 0.5) is 5.69 Å². The molecule has 1 fully saturated rings. The Hall–Kier alpha value is -1.52. The van der Waals surface area contributed by atoms with Gasteiger partial charge in [-0.1, -0.05) is 23.7 Å². The van der Waals surface area contributed by atoms with E-state index in [0.29, 0.717) is 0 Å². The van der Waals surface area contributed by atoms with Gasteiger partial charge in [0.1, 0.15) is 0 Å². The van der Waals surface area contributed by atoms with Crippen molar-refractivity contribution in [1.82, 2.24) is 15.1 Å². The molecule has 1 aliphatic rings. The van der Waals surface area contributed by atoms with Crippen molar-refractivity contribution in [1.29, 1.82) is 0 Å². The van der Waals surface area contributed by atoms with Crippen molar-refractivity contribution >= 4 is 17.3 Å². The van der Waals surface area contributed by atoms with Crippen LogP contribution in [0.15, 0.2) is 30.3 Å². The van der Waals surface area contributed by atoms with Gasteiger partial charge < -0.3 is 4.90 Å². The van der Waals surface area contributed by atoms with Crippen LogP contribution in [0, 0.1) is 6.92 Å². The zero-order chi connectivity index (χ0) is 13.9. The molecule has 0 unspecified atom stereocenters. The van der Waals surface area contributed by atoms with E-state index >= 15 is 0 Å². The predicted molar refractivity (Wildman–Crippen MR) is 82.3 cm³/mol. The first-order valence-electron chi connectivity index (χ1n) is 6.95. The number of piperazine rings is 1. The molecular formula is C15H19ClN4. The number of hydrogen-bond acceptors (Lipinski definition) is 3. The number of aromatic amines is 1. The fraction of sp³-hybridized carbons (Fsp3) is 0.400. The van der Waals surface area contributed by atoms with Crippen molar-refractivity contribution in [2.24, 2.45) is 0 Å². The van der Waals surface area contributed by atoms with E-state index in [1.807, 2.05) is 25.1 Å². The van der Waals surface area contributed by atoms with E-state index in [1.54, 1.807) is 0 Å². The molecule has 0 atom stereocenters. The standard InChI is InChI=1S/C15H19ClN4/c1-12-10-13(18-17-12)11-19-6-8-20(9-7-19)15-5-3-2-4-14(15)16/h2-5,10H,6-9,11H2,1H3,(H,17,18). The van der Waals surface area contributed by atoms with Gasteiger partial charge in [-0.25, -0.2) is 0 Å². The second kappa shape index (κ2) is 5.85. The SMILES string of the molecule is Cc1cc(CN2CCN(c3ccccc3Cl)CC2)n[nH]1. The van der Waals surface area contributed by atoms with E-state index in [2.05, 4.69) is 32.1 Å². The Bertz CT molecular complexity index is 573. The van der Waals surface area contributed by atoms with Crippen molar-refractivity contribution < 1.29 is 0 Å². The van der Waals surface area contributed by atoms with Gasteiger partial charge >= 0.3 is 0 Å². The van der Waals surface area contributed by atoms with E-state index in [9.17, 15) is 0 Å². The van der Waals surface area contributed by atoms with E-state index in [0.717, 1.165) is 54.8 Å². The number of aryl methyl sites for hydroxylation is 1. The molecule has 1 aliphatic heterocycles. The minimum absolute atomic E-state index is 0.837. The second-order valence-corrected chi connectivity index (χ2v) is 5.66. The average molecular weight is 291 g/mol. The molecule has 2 heterocycles. The van der Waals surface area contributed by atoms with Gasteiger partial charge in [0.15, 0.2) is 0 Å². The lowest BCUT2D eigenvalue weighted by molar-refractivity contribution is 0.247. The van der Waals surface area contributed by atoms with E-state index in [4.69, 9.17) is 11.6 Å². The largest absolute Gasteiger partial charge is 0.368 e. The number of nitrogens with zero attached hydrogens (tertiary/aromatic N) is 3. The van der Waals surface area contributed by atoms with Gasteiger partial charge in [-0.3, -0.25) is 10.00 Å². The molecule has 106 valence electrons. The first-order chi connectivity index (χ1) is 9.72. The quantitative estimate of drug-likeness (QED) is 0.944. The molecule has 0 amide bonds. The van der Waals surface area contributed by atoms with Crippen LogP contribution in [0.2, 0.25) is 5.02 Å². The van der Waals surface area contributed by atoms with E-state index < -0.39 is 0 Å². The van der Waals surface area contributed by atoms with Crippen molar-refractivity contribution in [3.63, 3.8) is 0 Å². The minimum Gasteiger partial charge on any atom is -0.368 e. The topological polar surface area (TPSA) is 35.2 Å². The number of aromatic nitrogens is 2. The van der Waals surface area contributed by atoms with E-state index in [-0.39, 0.29) is 0 Å². The third-order valence-corrected chi connectivity index (χ3v) is 4.03. The number of nitrogens with one attached hydrogen (secondary N) is 1. The number of hydrogen-bond donors (Lipinski definition) is 1. The molecule has 0 saturated carbocycles. The van der Waals surface area contributed by atoms with Crippen LogP contribution in [0.3, 0.4) is 0 Å². The number of benzene rings is 1. The number of anilines is 1. The lowest BCUT2D eigenvalue weighted by Crippen LogP contribution is -2.46. The van der Waals surface area contributed by atoms with Crippen LogP contribution in [0.5, 0.6) is 0 Å². The Labute approximate surface area is 124 Å². The highest BCUT2D eigenvalue weighted by molar-refractivity contribution is 6.33. The van der Waals surface area contributed by atoms with Gasteiger partial charge in [0, 0.05) is 38.4 Å². The normalized spacial score (nSPS) is 16.6. The smallest absolute Gasteiger partial charge is 0.0765 e. The van der Waals surface area contributed by atoms with Crippen LogP contribution in [-0.4, -0.2) is 41.3 Å². The molecule has 4 nitrogen and oxygen atoms in total. The molecule has 0 aliphatic carbocycles. The summed E-state index contributed by atoms with van der Waals surface area (Å²) in [7, 11) is 0. The predicted octanol–water partition coefficient (Wildman–Crippen LogP) is 2.69. The lowest BCUT2D eigenvalue weighted by Gasteiger charge is -2.36. The maximum absolute atomic E-state index is 6.26. The summed E-state index contributed by atoms with van der Waals surface area (Å²) in [5, 5.41) is 8.13. The summed E-state index contributed by atoms with van der Waals surface area (Å²) in [4.78, 5) is 4.79. The van der Waals surface area contributed by atoms with Crippen molar-refractivity contribution in [2.75, 3.05) is 31.1 Å². The van der Waals surface area contributed by atoms with Crippen molar-refractivity contribution in [3.05, 3.63) is 46.7 Å². The van der Waals surface area contributed by atoms with Crippen molar-refractivity contribution in [3.8, 4) is 0 Å². The zero-order valence-electron chi connectivity index (χ0n) is 11.6. The number of halogens is 1. The van der Waals surface area contributed by atoms with Crippen LogP contribution in [0.1, 0.15) is 11.4 Å². The molecule has 0 spiro atoms. The first-order valence-corrected chi connectivity index (χ1v) is 7.33. The summed E-state index contributed by atoms with van der Waals surface area (Å²) in [6, 6.07) is 10.2. The van der Waals surface area contributed by atoms with Crippen LogP contribution in [0.25, 0.3) is 0 Å². The summed E-state index contributed by atoms with van der Waals surface area (Å²) in [6.45, 7) is 7.04. The molecule has 1 N–H and O–H groups in total. The third kappa shape index (κ3) is 2.97. The van der Waals surface area contributed by atoms with Crippen LogP contribution >= 0.6 is 11.6 Å². The van der Waals surface area contributed by atoms with Gasteiger partial charge in [0.25, 0.3) is 0 Å². The monoisotopic (exact) mass is 290 g/mol. The summed E-state index contributed by atoms with van der Waals surface area (Å²) in [5.41, 5.74) is 3.38. The second-order valence-electron chi connectivity index (χ2n) is 5.26. The maximum atomic E-state index is 6.26. The fourth-order valence-electron chi connectivity index (χ4n) is 2.64. The Morgan fingerprint density at radius 2 is 1.95 bits per heavy atom. The number of H-pyrrole nitrogens is 1. The molecule has 1 saturated heterocycles. The lowest BCUT2D eigenvalue weighted by atomic mass is 10.2. The Morgan fingerprint density at radius 1 is 1.20 bits per heavy atom. The van der Waals surface area contributed by atoms with Crippen LogP contribution < -0.4 is 4.90 Å². The Kier molecular flexibility index (Phi) is 3.94. The summed E-state index contributed by atoms with van der Waals surface area (Å²) >= 11 is 6.26. The molecule has 3 rings (SSSR count). The third-order valence-electron chi connectivity index (χ3n) is 3.71. The molecule has 1 aromatic carbocycles. The van der Waals surface area contributed by atoms with Gasteiger partial charge in [-0.05, 0) is 25.1 Å². The molecule has 1 aromatic heterocycles. The molecule has 2 aromatic rings.